The number of H-pyrrole nitrogens is 1. The SMILES string of the molecule is CC(C)Oc1nc[nH]c(=O)c1N. The summed E-state index contributed by atoms with van der Waals surface area (Å²) in [5.74, 6) is 0.189. The summed E-state index contributed by atoms with van der Waals surface area (Å²) in [6.45, 7) is 3.67. The van der Waals surface area contributed by atoms with Crippen LogP contribution in [-0.2, 0) is 0 Å². The second kappa shape index (κ2) is 3.25. The number of nitrogens with one attached hydrogen (secondary N) is 1. The third-order valence-electron chi connectivity index (χ3n) is 1.20. The van der Waals surface area contributed by atoms with Crippen molar-refractivity contribution in [3.8, 4) is 5.88 Å². The molecule has 0 unspecified atom stereocenters. The Morgan fingerprint density at radius 1 is 1.67 bits per heavy atom. The van der Waals surface area contributed by atoms with Crippen LogP contribution in [0.5, 0.6) is 5.88 Å². The molecule has 0 aliphatic heterocycles. The second-order valence-corrected chi connectivity index (χ2v) is 2.62. The first-order valence-corrected chi connectivity index (χ1v) is 3.61. The van der Waals surface area contributed by atoms with Gasteiger partial charge in [0.2, 0.25) is 5.88 Å². The van der Waals surface area contributed by atoms with Gasteiger partial charge in [0.25, 0.3) is 5.56 Å². The summed E-state index contributed by atoms with van der Waals surface area (Å²) in [4.78, 5) is 17.0. The fourth-order valence-electron chi connectivity index (χ4n) is 0.711. The van der Waals surface area contributed by atoms with E-state index >= 15 is 0 Å². The molecule has 0 aliphatic rings. The van der Waals surface area contributed by atoms with E-state index in [2.05, 4.69) is 9.97 Å². The fourth-order valence-corrected chi connectivity index (χ4v) is 0.711. The Kier molecular flexibility index (Phi) is 2.32. The van der Waals surface area contributed by atoms with Gasteiger partial charge in [0.15, 0.2) is 5.69 Å². The Morgan fingerprint density at radius 2 is 2.33 bits per heavy atom. The van der Waals surface area contributed by atoms with Crippen molar-refractivity contribution >= 4 is 5.69 Å². The van der Waals surface area contributed by atoms with Crippen molar-refractivity contribution in [3.63, 3.8) is 0 Å². The molecule has 0 bridgehead atoms. The van der Waals surface area contributed by atoms with Gasteiger partial charge in [-0.3, -0.25) is 4.79 Å². The average Bonchev–Trinajstić information content (AvgIpc) is 1.98. The molecule has 0 aliphatic carbocycles. The Labute approximate surface area is 69.6 Å². The number of hydrogen-bond acceptors (Lipinski definition) is 4. The van der Waals surface area contributed by atoms with Gasteiger partial charge in [0.1, 0.15) is 0 Å². The summed E-state index contributed by atoms with van der Waals surface area (Å²) in [6.07, 6.45) is 1.22. The molecule has 0 radical (unpaired) electrons. The minimum Gasteiger partial charge on any atom is -0.473 e. The van der Waals surface area contributed by atoms with Crippen LogP contribution in [0.1, 0.15) is 13.8 Å². The van der Waals surface area contributed by atoms with Gasteiger partial charge in [-0.15, -0.1) is 0 Å². The van der Waals surface area contributed by atoms with E-state index in [1.807, 2.05) is 13.8 Å². The molecular weight excluding hydrogens is 158 g/mol. The molecule has 0 spiro atoms. The topological polar surface area (TPSA) is 81.0 Å². The minimum atomic E-state index is -0.374. The van der Waals surface area contributed by atoms with Crippen LogP contribution < -0.4 is 16.0 Å². The van der Waals surface area contributed by atoms with Crippen LogP contribution in [0.25, 0.3) is 0 Å². The quantitative estimate of drug-likeness (QED) is 0.659. The van der Waals surface area contributed by atoms with Gasteiger partial charge in [0.05, 0.1) is 12.4 Å². The molecule has 0 saturated heterocycles. The maximum Gasteiger partial charge on any atom is 0.277 e. The van der Waals surface area contributed by atoms with Crippen molar-refractivity contribution in [3.05, 3.63) is 16.7 Å². The fraction of sp³-hybridized carbons (Fsp3) is 0.429. The van der Waals surface area contributed by atoms with Gasteiger partial charge in [0, 0.05) is 0 Å². The molecular formula is C7H11N3O2. The van der Waals surface area contributed by atoms with Crippen molar-refractivity contribution < 1.29 is 4.74 Å². The predicted molar refractivity (Wildman–Crippen MR) is 45.0 cm³/mol. The zero-order valence-electron chi connectivity index (χ0n) is 7.00. The first kappa shape index (κ1) is 8.58. The molecule has 0 amide bonds. The van der Waals surface area contributed by atoms with E-state index < -0.39 is 0 Å². The number of ether oxygens (including phenoxy) is 1. The van der Waals surface area contributed by atoms with Gasteiger partial charge in [-0.05, 0) is 13.8 Å². The Morgan fingerprint density at radius 3 is 2.92 bits per heavy atom. The molecule has 1 aromatic heterocycles. The molecule has 3 N–H and O–H groups in total. The van der Waals surface area contributed by atoms with Crippen molar-refractivity contribution in [1.82, 2.24) is 9.97 Å². The summed E-state index contributed by atoms with van der Waals surface area (Å²) in [6, 6.07) is 0. The van der Waals surface area contributed by atoms with E-state index in [1.165, 1.54) is 6.33 Å². The summed E-state index contributed by atoms with van der Waals surface area (Å²) < 4.78 is 5.17. The largest absolute Gasteiger partial charge is 0.473 e. The molecule has 0 fully saturated rings. The van der Waals surface area contributed by atoms with Crippen LogP contribution in [0.15, 0.2) is 11.1 Å². The van der Waals surface area contributed by atoms with Crippen molar-refractivity contribution in [2.45, 2.75) is 20.0 Å². The third kappa shape index (κ3) is 1.75. The summed E-state index contributed by atoms with van der Waals surface area (Å²) in [5, 5.41) is 0. The highest BCUT2D eigenvalue weighted by atomic mass is 16.5. The normalized spacial score (nSPS) is 10.2. The molecule has 66 valence electrons. The standard InChI is InChI=1S/C7H11N3O2/c1-4(2)12-7-5(8)6(11)9-3-10-7/h3-4H,8H2,1-2H3,(H,9,10,11). The van der Waals surface area contributed by atoms with Gasteiger partial charge in [-0.1, -0.05) is 0 Å². The number of hydrogen-bond donors (Lipinski definition) is 2. The second-order valence-electron chi connectivity index (χ2n) is 2.62. The molecule has 0 aromatic carbocycles. The Balaban J connectivity index is 3.00. The first-order chi connectivity index (χ1) is 5.61. The third-order valence-corrected chi connectivity index (χ3v) is 1.20. The number of nitrogens with two attached hydrogens (primary N) is 1. The number of anilines is 1. The smallest absolute Gasteiger partial charge is 0.277 e. The Bertz CT molecular complexity index is 319. The lowest BCUT2D eigenvalue weighted by molar-refractivity contribution is 0.233. The molecule has 0 saturated carbocycles. The summed E-state index contributed by atoms with van der Waals surface area (Å²) in [7, 11) is 0. The predicted octanol–water partition coefficient (Wildman–Crippen LogP) is 0.139. The van der Waals surface area contributed by atoms with Crippen LogP contribution >= 0.6 is 0 Å². The highest BCUT2D eigenvalue weighted by Crippen LogP contribution is 2.11. The monoisotopic (exact) mass is 169 g/mol. The van der Waals surface area contributed by atoms with Crippen LogP contribution in [0, 0.1) is 0 Å². The van der Waals surface area contributed by atoms with E-state index in [4.69, 9.17) is 10.5 Å². The lowest BCUT2D eigenvalue weighted by atomic mass is 10.4. The van der Waals surface area contributed by atoms with Crippen molar-refractivity contribution in [2.24, 2.45) is 0 Å². The zero-order valence-corrected chi connectivity index (χ0v) is 7.00. The van der Waals surface area contributed by atoms with Crippen molar-refractivity contribution in [1.29, 1.82) is 0 Å². The lowest BCUT2D eigenvalue weighted by Gasteiger charge is -2.08. The molecule has 5 heteroatoms. The van der Waals surface area contributed by atoms with Crippen molar-refractivity contribution in [2.75, 3.05) is 5.73 Å². The highest BCUT2D eigenvalue weighted by molar-refractivity contribution is 5.44. The Hall–Kier alpha value is -1.52. The highest BCUT2D eigenvalue weighted by Gasteiger charge is 2.06. The van der Waals surface area contributed by atoms with E-state index in [9.17, 15) is 4.79 Å². The number of nitrogens with zero attached hydrogens (tertiary/aromatic N) is 1. The number of rotatable bonds is 2. The first-order valence-electron chi connectivity index (χ1n) is 3.61. The van der Waals surface area contributed by atoms with Crippen LogP contribution in [0.2, 0.25) is 0 Å². The average molecular weight is 169 g/mol. The van der Waals surface area contributed by atoms with Gasteiger partial charge >= 0.3 is 0 Å². The number of nitrogen functional groups attached to an aromatic ring is 1. The molecule has 12 heavy (non-hydrogen) atoms. The van der Waals surface area contributed by atoms with Gasteiger partial charge in [-0.25, -0.2) is 4.98 Å². The molecule has 1 rings (SSSR count). The minimum absolute atomic E-state index is 0.0196. The molecule has 1 aromatic rings. The molecule has 5 nitrogen and oxygen atoms in total. The van der Waals surface area contributed by atoms with Gasteiger partial charge < -0.3 is 15.5 Å². The van der Waals surface area contributed by atoms with E-state index in [1.54, 1.807) is 0 Å². The van der Waals surface area contributed by atoms with Gasteiger partial charge in [-0.2, -0.15) is 0 Å². The summed E-state index contributed by atoms with van der Waals surface area (Å²) >= 11 is 0. The molecule has 1 heterocycles. The van der Waals surface area contributed by atoms with Crippen LogP contribution in [-0.4, -0.2) is 16.1 Å². The van der Waals surface area contributed by atoms with E-state index in [0.717, 1.165) is 0 Å². The van der Waals surface area contributed by atoms with E-state index in [0.29, 0.717) is 0 Å². The van der Waals surface area contributed by atoms with E-state index in [-0.39, 0.29) is 23.2 Å². The number of aromatic nitrogens is 2. The summed E-state index contributed by atoms with van der Waals surface area (Å²) in [5.41, 5.74) is 5.04. The zero-order chi connectivity index (χ0) is 9.14. The van der Waals surface area contributed by atoms with Crippen LogP contribution in [0.4, 0.5) is 5.69 Å². The maximum absolute atomic E-state index is 10.9. The van der Waals surface area contributed by atoms with Crippen LogP contribution in [0.3, 0.4) is 0 Å². The maximum atomic E-state index is 10.9. The number of aromatic amines is 1. The lowest BCUT2D eigenvalue weighted by Crippen LogP contribution is -2.17. The molecule has 0 atom stereocenters.